The van der Waals surface area contributed by atoms with Crippen LogP contribution in [0.3, 0.4) is 0 Å². The summed E-state index contributed by atoms with van der Waals surface area (Å²) in [6, 6.07) is 13.9. The molecule has 1 amide bonds. The molecule has 7 nitrogen and oxygen atoms in total. The predicted octanol–water partition coefficient (Wildman–Crippen LogP) is 2.35. The molecule has 5 aliphatic rings. The highest BCUT2D eigenvalue weighted by Gasteiger charge is 2.64. The lowest BCUT2D eigenvalue weighted by Crippen LogP contribution is -2.58. The number of aliphatic hydroxyl groups is 1. The van der Waals surface area contributed by atoms with Crippen LogP contribution in [0.25, 0.3) is 0 Å². The first-order valence-corrected chi connectivity index (χ1v) is 12.4. The highest BCUT2D eigenvalue weighted by molar-refractivity contribution is 6.03. The van der Waals surface area contributed by atoms with Gasteiger partial charge in [0.1, 0.15) is 23.8 Å². The van der Waals surface area contributed by atoms with Crippen molar-refractivity contribution in [2.75, 3.05) is 37.9 Å². The van der Waals surface area contributed by atoms with Crippen molar-refractivity contribution in [2.45, 2.75) is 49.9 Å². The molecular formula is C28H31N3O4. The molecule has 0 saturated carbocycles. The molecule has 5 saturated heterocycles. The normalized spacial score (nSPS) is 35.6. The summed E-state index contributed by atoms with van der Waals surface area (Å²) in [6.45, 7) is 6.89. The van der Waals surface area contributed by atoms with Crippen molar-refractivity contribution in [1.29, 1.82) is 0 Å². The molecule has 2 bridgehead atoms. The summed E-state index contributed by atoms with van der Waals surface area (Å²) in [5, 5.41) is 11.3. The van der Waals surface area contributed by atoms with Crippen LogP contribution in [0.4, 0.5) is 5.82 Å². The largest absolute Gasteiger partial charge is 0.376 e. The van der Waals surface area contributed by atoms with E-state index < -0.39 is 16.8 Å². The van der Waals surface area contributed by atoms with Crippen LogP contribution in [0.1, 0.15) is 43.5 Å². The fourth-order valence-corrected chi connectivity index (χ4v) is 5.90. The van der Waals surface area contributed by atoms with Gasteiger partial charge in [-0.1, -0.05) is 42.2 Å². The van der Waals surface area contributed by atoms with Crippen molar-refractivity contribution in [1.82, 2.24) is 9.88 Å². The Morgan fingerprint density at radius 2 is 1.86 bits per heavy atom. The van der Waals surface area contributed by atoms with E-state index in [9.17, 15) is 9.90 Å². The number of hydrogen-bond donors (Lipinski definition) is 1. The number of anilines is 1. The topological polar surface area (TPSA) is 75.1 Å². The number of aromatic nitrogens is 1. The standard InChI is InChI=1S/C28H31N3O4/c1-26-17-31(25(32)27(26,2)35-19-34-26)24-9-8-21(23(29-24)16-20-6-4-3-5-7-20)10-13-28(33)18-30-14-11-22(28)12-15-30/h3-9,22,33H,11-12,14-19H2,1-2H3/t26-,27+,28-/m1/s1. The van der Waals surface area contributed by atoms with Gasteiger partial charge in [0, 0.05) is 24.4 Å². The van der Waals surface area contributed by atoms with E-state index in [-0.39, 0.29) is 18.6 Å². The highest BCUT2D eigenvalue weighted by atomic mass is 16.7. The average molecular weight is 474 g/mol. The summed E-state index contributed by atoms with van der Waals surface area (Å²) < 4.78 is 11.5. The lowest BCUT2D eigenvalue weighted by molar-refractivity contribution is -0.135. The fourth-order valence-electron chi connectivity index (χ4n) is 5.90. The molecule has 182 valence electrons. The van der Waals surface area contributed by atoms with E-state index >= 15 is 0 Å². The Hall–Kier alpha value is -2.76. The van der Waals surface area contributed by atoms with E-state index in [4.69, 9.17) is 14.5 Å². The van der Waals surface area contributed by atoms with E-state index in [2.05, 4.69) is 28.9 Å². The molecule has 1 N–H and O–H groups in total. The summed E-state index contributed by atoms with van der Waals surface area (Å²) >= 11 is 0. The summed E-state index contributed by atoms with van der Waals surface area (Å²) in [6.07, 6.45) is 2.55. The van der Waals surface area contributed by atoms with Crippen LogP contribution in [0.5, 0.6) is 0 Å². The lowest BCUT2D eigenvalue weighted by atomic mass is 9.75. The third-order valence-corrected chi connectivity index (χ3v) is 8.44. The maximum atomic E-state index is 13.3. The maximum Gasteiger partial charge on any atom is 0.263 e. The molecule has 0 spiro atoms. The number of benzene rings is 1. The Bertz CT molecular complexity index is 1220. The molecule has 5 aliphatic heterocycles. The van der Waals surface area contributed by atoms with Gasteiger partial charge in [0.05, 0.1) is 12.2 Å². The van der Waals surface area contributed by atoms with Crippen molar-refractivity contribution < 1.29 is 19.4 Å². The van der Waals surface area contributed by atoms with E-state index in [0.29, 0.717) is 25.3 Å². The van der Waals surface area contributed by atoms with Gasteiger partial charge in [-0.05, 0) is 57.5 Å². The van der Waals surface area contributed by atoms with Crippen molar-refractivity contribution >= 4 is 11.7 Å². The van der Waals surface area contributed by atoms with E-state index in [1.807, 2.05) is 37.3 Å². The minimum absolute atomic E-state index is 0.120. The second-order valence-electron chi connectivity index (χ2n) is 10.6. The Morgan fingerprint density at radius 1 is 1.09 bits per heavy atom. The van der Waals surface area contributed by atoms with Gasteiger partial charge in [-0.3, -0.25) is 14.6 Å². The Morgan fingerprint density at radius 3 is 2.54 bits per heavy atom. The van der Waals surface area contributed by atoms with Gasteiger partial charge in [0.15, 0.2) is 5.60 Å². The van der Waals surface area contributed by atoms with Crippen LogP contribution in [0.15, 0.2) is 42.5 Å². The third-order valence-electron chi connectivity index (χ3n) is 8.44. The van der Waals surface area contributed by atoms with Crippen molar-refractivity contribution in [2.24, 2.45) is 5.92 Å². The number of carbonyl (C=O) groups is 1. The summed E-state index contributed by atoms with van der Waals surface area (Å²) in [5.41, 5.74) is -0.0578. The second kappa shape index (κ2) is 8.14. The van der Waals surface area contributed by atoms with Gasteiger partial charge >= 0.3 is 0 Å². The van der Waals surface area contributed by atoms with Crippen LogP contribution in [-0.4, -0.2) is 70.7 Å². The zero-order chi connectivity index (χ0) is 24.3. The summed E-state index contributed by atoms with van der Waals surface area (Å²) in [7, 11) is 0. The van der Waals surface area contributed by atoms with Crippen molar-refractivity contribution in [3.05, 3.63) is 59.3 Å². The Labute approximate surface area is 206 Å². The fraction of sp³-hybridized carbons (Fsp3) is 0.500. The van der Waals surface area contributed by atoms with Gasteiger partial charge in [-0.15, -0.1) is 0 Å². The zero-order valence-electron chi connectivity index (χ0n) is 20.3. The number of piperidine rings is 3. The van der Waals surface area contributed by atoms with Gasteiger partial charge in [-0.25, -0.2) is 4.98 Å². The predicted molar refractivity (Wildman–Crippen MR) is 131 cm³/mol. The van der Waals surface area contributed by atoms with Crippen LogP contribution in [0, 0.1) is 17.8 Å². The molecule has 3 atom stereocenters. The Kier molecular flexibility index (Phi) is 5.28. The highest BCUT2D eigenvalue weighted by Crippen LogP contribution is 2.44. The first-order valence-electron chi connectivity index (χ1n) is 12.4. The molecular weight excluding hydrogens is 442 g/mol. The number of hydrogen-bond acceptors (Lipinski definition) is 6. The van der Waals surface area contributed by atoms with Gasteiger partial charge in [0.25, 0.3) is 5.91 Å². The SMILES string of the molecule is C[C@@]12CN(c3ccc(C#C[C@@]4(O)CN5CCC4CC5)c(Cc4ccccc4)n3)C(=O)[C@]1(C)OCO2. The Balaban J connectivity index is 1.35. The molecule has 7 heteroatoms. The van der Waals surface area contributed by atoms with Crippen LogP contribution < -0.4 is 4.90 Å². The average Bonchev–Trinajstić information content (AvgIpc) is 3.26. The first-order chi connectivity index (χ1) is 16.8. The number of nitrogens with zero attached hydrogens (tertiary/aromatic N) is 3. The molecule has 7 rings (SSSR count). The molecule has 35 heavy (non-hydrogen) atoms. The number of ether oxygens (including phenoxy) is 2. The molecule has 6 heterocycles. The van der Waals surface area contributed by atoms with Gasteiger partial charge in [0.2, 0.25) is 0 Å². The molecule has 1 aromatic carbocycles. The molecule has 2 aromatic rings. The molecule has 5 fully saturated rings. The van der Waals surface area contributed by atoms with E-state index in [1.54, 1.807) is 11.8 Å². The first kappa shape index (κ1) is 22.7. The van der Waals surface area contributed by atoms with Crippen LogP contribution >= 0.6 is 0 Å². The number of fused-ring (bicyclic) bond motifs is 4. The molecule has 0 aliphatic carbocycles. The minimum Gasteiger partial charge on any atom is -0.376 e. The number of pyridine rings is 1. The molecule has 0 unspecified atom stereocenters. The van der Waals surface area contributed by atoms with Crippen molar-refractivity contribution in [3.8, 4) is 11.8 Å². The second-order valence-corrected chi connectivity index (χ2v) is 10.6. The van der Waals surface area contributed by atoms with E-state index in [1.165, 1.54) is 0 Å². The van der Waals surface area contributed by atoms with Gasteiger partial charge in [-0.2, -0.15) is 0 Å². The van der Waals surface area contributed by atoms with E-state index in [0.717, 1.165) is 42.8 Å². The van der Waals surface area contributed by atoms with Crippen molar-refractivity contribution in [3.63, 3.8) is 0 Å². The monoisotopic (exact) mass is 473 g/mol. The number of amides is 1. The smallest absolute Gasteiger partial charge is 0.263 e. The van der Waals surface area contributed by atoms with Gasteiger partial charge < -0.3 is 14.6 Å². The minimum atomic E-state index is -1.02. The zero-order valence-corrected chi connectivity index (χ0v) is 20.3. The summed E-state index contributed by atoms with van der Waals surface area (Å²) in [4.78, 5) is 22.2. The molecule has 1 aromatic heterocycles. The van der Waals surface area contributed by atoms with Crippen LogP contribution in [0.2, 0.25) is 0 Å². The quantitative estimate of drug-likeness (QED) is 0.690. The summed E-state index contributed by atoms with van der Waals surface area (Å²) in [5.74, 6) is 7.13. The molecule has 0 radical (unpaired) electrons. The number of rotatable bonds is 3. The van der Waals surface area contributed by atoms with Crippen LogP contribution in [-0.2, 0) is 20.7 Å². The maximum absolute atomic E-state index is 13.3. The third kappa shape index (κ3) is 3.68. The lowest BCUT2D eigenvalue weighted by Gasteiger charge is -2.47. The number of carbonyl (C=O) groups excluding carboxylic acids is 1.